The van der Waals surface area contributed by atoms with Crippen molar-refractivity contribution in [3.63, 3.8) is 0 Å². The molecule has 1 heterocycles. The molecule has 1 aromatic heterocycles. The van der Waals surface area contributed by atoms with E-state index >= 15 is 0 Å². The van der Waals surface area contributed by atoms with Crippen LogP contribution in [-0.2, 0) is 11.3 Å². The van der Waals surface area contributed by atoms with Gasteiger partial charge in [0.15, 0.2) is 5.82 Å². The summed E-state index contributed by atoms with van der Waals surface area (Å²) in [5, 5.41) is 2.69. The summed E-state index contributed by atoms with van der Waals surface area (Å²) in [6.45, 7) is -0.347. The third kappa shape index (κ3) is 3.18. The maximum atomic E-state index is 13.7. The molecule has 0 atom stereocenters. The molecule has 2 aromatic carbocycles. The quantitative estimate of drug-likeness (QED) is 0.743. The van der Waals surface area contributed by atoms with Gasteiger partial charge in [0.2, 0.25) is 5.91 Å². The number of hydrogen-bond donors (Lipinski definition) is 1. The number of anilines is 1. The Morgan fingerprint density at radius 1 is 1.25 bits per heavy atom. The van der Waals surface area contributed by atoms with Gasteiger partial charge in [-0.3, -0.25) is 14.2 Å². The zero-order chi connectivity index (χ0) is 17.3. The predicted octanol–water partition coefficient (Wildman–Crippen LogP) is 3.08. The van der Waals surface area contributed by atoms with Crippen LogP contribution in [0.15, 0.2) is 52.0 Å². The fraction of sp³-hybridized carbons (Fsp3) is 0.0625. The molecule has 0 unspecified atom stereocenters. The van der Waals surface area contributed by atoms with Crippen LogP contribution in [0.4, 0.5) is 14.5 Å². The molecule has 0 aliphatic carbocycles. The van der Waals surface area contributed by atoms with Crippen molar-refractivity contribution in [2.45, 2.75) is 6.54 Å². The average molecular weight is 394 g/mol. The van der Waals surface area contributed by atoms with E-state index in [1.165, 1.54) is 6.33 Å². The van der Waals surface area contributed by atoms with Gasteiger partial charge in [0, 0.05) is 10.5 Å². The fourth-order valence-electron chi connectivity index (χ4n) is 2.21. The number of aromatic nitrogens is 2. The minimum atomic E-state index is -0.917. The number of hydrogen-bond acceptors (Lipinski definition) is 3. The Morgan fingerprint density at radius 2 is 2.00 bits per heavy atom. The number of rotatable bonds is 3. The number of halogens is 3. The summed E-state index contributed by atoms with van der Waals surface area (Å²) in [6.07, 6.45) is 1.25. The van der Waals surface area contributed by atoms with Gasteiger partial charge in [-0.1, -0.05) is 12.1 Å². The molecule has 3 rings (SSSR count). The summed E-state index contributed by atoms with van der Waals surface area (Å²) < 4.78 is 28.0. The van der Waals surface area contributed by atoms with Gasteiger partial charge in [-0.25, -0.2) is 13.8 Å². The van der Waals surface area contributed by atoms with Crippen LogP contribution in [0.25, 0.3) is 10.9 Å². The Morgan fingerprint density at radius 3 is 2.75 bits per heavy atom. The number of fused-ring (bicyclic) bond motifs is 1. The van der Waals surface area contributed by atoms with Gasteiger partial charge in [0.1, 0.15) is 12.4 Å². The number of nitrogens with one attached hydrogen (secondary N) is 1. The van der Waals surface area contributed by atoms with Gasteiger partial charge in [-0.05, 0) is 34.1 Å². The van der Waals surface area contributed by atoms with E-state index in [1.807, 2.05) is 0 Å². The molecule has 1 N–H and O–H groups in total. The van der Waals surface area contributed by atoms with Crippen LogP contribution in [0.5, 0.6) is 0 Å². The lowest BCUT2D eigenvalue weighted by molar-refractivity contribution is -0.116. The molecule has 3 aromatic rings. The van der Waals surface area contributed by atoms with E-state index in [0.29, 0.717) is 17.0 Å². The van der Waals surface area contributed by atoms with Gasteiger partial charge in [-0.15, -0.1) is 0 Å². The molecular weight excluding hydrogens is 384 g/mol. The number of para-hydroxylation sites is 1. The molecule has 8 heteroatoms. The maximum absolute atomic E-state index is 13.7. The second kappa shape index (κ2) is 6.48. The topological polar surface area (TPSA) is 64.0 Å². The Labute approximate surface area is 143 Å². The van der Waals surface area contributed by atoms with E-state index in [4.69, 9.17) is 0 Å². The first-order chi connectivity index (χ1) is 11.5. The van der Waals surface area contributed by atoms with Gasteiger partial charge in [0.25, 0.3) is 5.56 Å². The lowest BCUT2D eigenvalue weighted by Gasteiger charge is -2.10. The Balaban J connectivity index is 1.86. The van der Waals surface area contributed by atoms with Crippen LogP contribution in [0, 0.1) is 11.6 Å². The highest BCUT2D eigenvalue weighted by Gasteiger charge is 2.14. The second-order valence-electron chi connectivity index (χ2n) is 4.99. The van der Waals surface area contributed by atoms with Crippen molar-refractivity contribution in [3.8, 4) is 0 Å². The van der Waals surface area contributed by atoms with Crippen molar-refractivity contribution in [2.75, 3.05) is 5.32 Å². The normalized spacial score (nSPS) is 10.8. The summed E-state index contributed by atoms with van der Waals surface area (Å²) in [6, 6.07) is 8.43. The van der Waals surface area contributed by atoms with Crippen LogP contribution in [0.2, 0.25) is 0 Å². The van der Waals surface area contributed by atoms with E-state index in [0.717, 1.165) is 10.6 Å². The molecule has 122 valence electrons. The standard InChI is InChI=1S/C16H10BrF2N3O2/c17-11-5-9(18)6-12(19)15(11)21-14(23)7-22-8-20-13-4-2-1-3-10(13)16(22)24/h1-6,8H,7H2,(H,21,23). The minimum Gasteiger partial charge on any atom is -0.321 e. The molecule has 5 nitrogen and oxygen atoms in total. The first-order valence-electron chi connectivity index (χ1n) is 6.84. The van der Waals surface area contributed by atoms with Crippen molar-refractivity contribution >= 4 is 38.4 Å². The van der Waals surface area contributed by atoms with Gasteiger partial charge < -0.3 is 5.32 Å². The highest BCUT2D eigenvalue weighted by Crippen LogP contribution is 2.26. The third-order valence-corrected chi connectivity index (χ3v) is 3.94. The van der Waals surface area contributed by atoms with Crippen molar-refractivity contribution in [3.05, 3.63) is 69.2 Å². The van der Waals surface area contributed by atoms with Gasteiger partial charge in [0.05, 0.1) is 22.9 Å². The Bertz CT molecular complexity index is 981. The van der Waals surface area contributed by atoms with E-state index in [2.05, 4.69) is 26.2 Å². The van der Waals surface area contributed by atoms with Crippen LogP contribution in [-0.4, -0.2) is 15.5 Å². The zero-order valence-electron chi connectivity index (χ0n) is 12.1. The summed E-state index contributed by atoms with van der Waals surface area (Å²) >= 11 is 2.98. The third-order valence-electron chi connectivity index (χ3n) is 3.32. The van der Waals surface area contributed by atoms with Gasteiger partial charge >= 0.3 is 0 Å². The number of benzene rings is 2. The molecule has 1 amide bonds. The van der Waals surface area contributed by atoms with Crippen molar-refractivity contribution in [2.24, 2.45) is 0 Å². The first kappa shape index (κ1) is 16.3. The number of amides is 1. The van der Waals surface area contributed by atoms with E-state index < -0.39 is 17.5 Å². The smallest absolute Gasteiger partial charge is 0.261 e. The van der Waals surface area contributed by atoms with Crippen LogP contribution in [0.1, 0.15) is 0 Å². The van der Waals surface area contributed by atoms with Crippen LogP contribution in [0.3, 0.4) is 0 Å². The number of carbonyl (C=O) groups is 1. The number of carbonyl (C=O) groups excluding carboxylic acids is 1. The monoisotopic (exact) mass is 393 g/mol. The van der Waals surface area contributed by atoms with Crippen LogP contribution >= 0.6 is 15.9 Å². The second-order valence-corrected chi connectivity index (χ2v) is 5.84. The molecule has 0 spiro atoms. The van der Waals surface area contributed by atoms with Crippen LogP contribution < -0.4 is 10.9 Å². The van der Waals surface area contributed by atoms with Gasteiger partial charge in [-0.2, -0.15) is 0 Å². The SMILES string of the molecule is O=C(Cn1cnc2ccccc2c1=O)Nc1c(F)cc(F)cc1Br. The molecule has 0 saturated carbocycles. The summed E-state index contributed by atoms with van der Waals surface area (Å²) in [7, 11) is 0. The molecule has 0 fully saturated rings. The Hall–Kier alpha value is -2.61. The highest BCUT2D eigenvalue weighted by atomic mass is 79.9. The number of nitrogens with zero attached hydrogens (tertiary/aromatic N) is 2. The van der Waals surface area contributed by atoms with E-state index in [1.54, 1.807) is 24.3 Å². The largest absolute Gasteiger partial charge is 0.321 e. The maximum Gasteiger partial charge on any atom is 0.261 e. The van der Waals surface area contributed by atoms with Crippen molar-refractivity contribution in [1.29, 1.82) is 0 Å². The fourth-order valence-corrected chi connectivity index (χ4v) is 2.72. The highest BCUT2D eigenvalue weighted by molar-refractivity contribution is 9.10. The molecule has 0 bridgehead atoms. The zero-order valence-corrected chi connectivity index (χ0v) is 13.7. The molecular formula is C16H10BrF2N3O2. The summed E-state index contributed by atoms with van der Waals surface area (Å²) in [5.74, 6) is -2.33. The molecule has 24 heavy (non-hydrogen) atoms. The van der Waals surface area contributed by atoms with Crippen molar-refractivity contribution < 1.29 is 13.6 Å². The molecule has 0 aliphatic heterocycles. The first-order valence-corrected chi connectivity index (χ1v) is 7.63. The Kier molecular flexibility index (Phi) is 4.39. The lowest BCUT2D eigenvalue weighted by atomic mass is 10.2. The molecule has 0 saturated heterocycles. The summed E-state index contributed by atoms with van der Waals surface area (Å²) in [5.41, 5.74) is -0.0518. The van der Waals surface area contributed by atoms with E-state index in [9.17, 15) is 18.4 Å². The molecule has 0 aliphatic rings. The van der Waals surface area contributed by atoms with Crippen molar-refractivity contribution in [1.82, 2.24) is 9.55 Å². The lowest BCUT2D eigenvalue weighted by Crippen LogP contribution is -2.28. The minimum absolute atomic E-state index is 0.0670. The average Bonchev–Trinajstić information content (AvgIpc) is 2.54. The summed E-state index contributed by atoms with van der Waals surface area (Å²) in [4.78, 5) is 28.5. The van der Waals surface area contributed by atoms with E-state index in [-0.39, 0.29) is 22.3 Å². The molecule has 0 radical (unpaired) electrons. The predicted molar refractivity (Wildman–Crippen MR) is 88.7 cm³/mol.